The third kappa shape index (κ3) is 8.60. The quantitative estimate of drug-likeness (QED) is 0.359. The Morgan fingerprint density at radius 1 is 1.03 bits per heavy atom. The van der Waals surface area contributed by atoms with E-state index in [0.717, 1.165) is 31.7 Å². The number of nitrogens with zero attached hydrogens (tertiary/aromatic N) is 6. The number of nitrogens with one attached hydrogen (secondary N) is 1. The number of ether oxygens (including phenoxy) is 3. The highest BCUT2D eigenvalue weighted by Crippen LogP contribution is 2.22. The summed E-state index contributed by atoms with van der Waals surface area (Å²) in [6, 6.07) is 8.60. The molecule has 3 rings (SSSR count). The number of morpholine rings is 1. The monoisotopic (exact) mass is 453 g/mol. The summed E-state index contributed by atoms with van der Waals surface area (Å²) >= 11 is 0. The second-order valence-electron chi connectivity index (χ2n) is 7.01. The fourth-order valence-corrected chi connectivity index (χ4v) is 2.57. The molecule has 0 aliphatic carbocycles. The summed E-state index contributed by atoms with van der Waals surface area (Å²) in [5.74, 6) is 0.650. The first kappa shape index (κ1) is 26.5. The number of methoxy groups -OCH3 is 2. The molecular formula is C20H32ClN7O3. The molecule has 1 aromatic heterocycles. The van der Waals surface area contributed by atoms with Crippen molar-refractivity contribution in [3.05, 3.63) is 29.8 Å². The molecule has 0 bridgehead atoms. The maximum absolute atomic E-state index is 5.35. The van der Waals surface area contributed by atoms with Crippen molar-refractivity contribution >= 4 is 11.6 Å². The van der Waals surface area contributed by atoms with E-state index in [-0.39, 0.29) is 24.4 Å². The number of halogens is 1. The average Bonchev–Trinajstić information content (AvgIpc) is 2.78. The standard InChI is InChI=1S/C10H17N4O3.C10H15N3.ClH/c1-14(4-6-17-7-5-14)8-11-9(15-2)13-10(12-8)16-3;1-3-8-11-13-12-10-6-4-9(2)5-7-10;/h4-7H2,1-3H3;4-7H,3,8H2,1-2H3,(H,11,12);1H/q+1;;/p-1. The van der Waals surface area contributed by atoms with Crippen molar-refractivity contribution in [2.45, 2.75) is 20.3 Å². The number of benzene rings is 1. The highest BCUT2D eigenvalue weighted by Gasteiger charge is 2.32. The Morgan fingerprint density at radius 3 is 2.13 bits per heavy atom. The molecule has 0 saturated carbocycles. The molecule has 1 aliphatic heterocycles. The number of quaternary nitrogens is 1. The zero-order valence-corrected chi connectivity index (χ0v) is 19.6. The van der Waals surface area contributed by atoms with Gasteiger partial charge in [0.25, 0.3) is 0 Å². The SMILES string of the molecule is CCCN=NNc1ccc(C)cc1.COc1nc(OC)nc([N+]2(C)CCOCC2)n1.[Cl-]. The number of aryl methyl sites for hydroxylation is 1. The smallest absolute Gasteiger partial charge is 0.338 e. The molecule has 0 unspecified atom stereocenters. The molecule has 2 aromatic rings. The second-order valence-corrected chi connectivity index (χ2v) is 7.01. The van der Waals surface area contributed by atoms with Crippen LogP contribution in [0.5, 0.6) is 12.0 Å². The molecule has 11 heteroatoms. The first-order valence-corrected chi connectivity index (χ1v) is 9.97. The van der Waals surface area contributed by atoms with Gasteiger partial charge in [-0.25, -0.2) is 0 Å². The normalized spacial score (nSPS) is 14.7. The lowest BCUT2D eigenvalue weighted by atomic mass is 10.2. The van der Waals surface area contributed by atoms with Crippen molar-refractivity contribution in [2.24, 2.45) is 10.3 Å². The van der Waals surface area contributed by atoms with Gasteiger partial charge in [0.1, 0.15) is 13.1 Å². The number of likely N-dealkylation sites (N-methyl/N-ethyl adjacent to an activating group) is 1. The van der Waals surface area contributed by atoms with Gasteiger partial charge >= 0.3 is 18.0 Å². The van der Waals surface area contributed by atoms with Crippen LogP contribution in [0.1, 0.15) is 18.9 Å². The summed E-state index contributed by atoms with van der Waals surface area (Å²) in [5.41, 5.74) is 5.09. The summed E-state index contributed by atoms with van der Waals surface area (Å²) in [4.78, 5) is 12.6. The van der Waals surface area contributed by atoms with Gasteiger partial charge in [0.2, 0.25) is 0 Å². The minimum absolute atomic E-state index is 0. The van der Waals surface area contributed by atoms with Crippen LogP contribution in [-0.4, -0.2) is 69.1 Å². The van der Waals surface area contributed by atoms with Gasteiger partial charge in [0.15, 0.2) is 0 Å². The highest BCUT2D eigenvalue weighted by molar-refractivity contribution is 5.43. The summed E-state index contributed by atoms with van der Waals surface area (Å²) in [6.45, 7) is 7.97. The van der Waals surface area contributed by atoms with Crippen LogP contribution in [0.2, 0.25) is 0 Å². The average molecular weight is 454 g/mol. The summed E-state index contributed by atoms with van der Waals surface area (Å²) in [7, 11) is 5.12. The Kier molecular flexibility index (Phi) is 11.7. The van der Waals surface area contributed by atoms with Crippen LogP contribution in [0, 0.1) is 6.92 Å². The van der Waals surface area contributed by atoms with E-state index in [9.17, 15) is 0 Å². The van der Waals surface area contributed by atoms with Gasteiger partial charge in [0, 0.05) is 0 Å². The molecule has 0 radical (unpaired) electrons. The van der Waals surface area contributed by atoms with E-state index in [1.54, 1.807) is 0 Å². The van der Waals surface area contributed by atoms with E-state index in [0.29, 0.717) is 23.6 Å². The van der Waals surface area contributed by atoms with Gasteiger partial charge < -0.3 is 26.6 Å². The lowest BCUT2D eigenvalue weighted by Crippen LogP contribution is -3.00. The Hall–Kier alpha value is -2.56. The van der Waals surface area contributed by atoms with E-state index < -0.39 is 0 Å². The van der Waals surface area contributed by atoms with Crippen molar-refractivity contribution < 1.29 is 26.6 Å². The van der Waals surface area contributed by atoms with Crippen LogP contribution >= 0.6 is 0 Å². The zero-order valence-electron chi connectivity index (χ0n) is 18.8. The number of hydrogen-bond acceptors (Lipinski definition) is 8. The Bertz CT molecular complexity index is 778. The van der Waals surface area contributed by atoms with Gasteiger partial charge in [-0.2, -0.15) is 5.11 Å². The van der Waals surface area contributed by atoms with Gasteiger partial charge in [0.05, 0.1) is 46.7 Å². The Morgan fingerprint density at radius 2 is 1.61 bits per heavy atom. The van der Waals surface area contributed by atoms with E-state index in [1.807, 2.05) is 24.3 Å². The summed E-state index contributed by atoms with van der Waals surface area (Å²) in [6.07, 6.45) is 1.03. The third-order valence-corrected chi connectivity index (χ3v) is 4.51. The van der Waals surface area contributed by atoms with Crippen LogP contribution in [0.15, 0.2) is 34.6 Å². The molecule has 1 aliphatic rings. The van der Waals surface area contributed by atoms with Crippen LogP contribution in [0.25, 0.3) is 0 Å². The van der Waals surface area contributed by atoms with Crippen LogP contribution in [-0.2, 0) is 4.74 Å². The molecular weight excluding hydrogens is 422 g/mol. The zero-order chi connectivity index (χ0) is 21.8. The van der Waals surface area contributed by atoms with E-state index in [4.69, 9.17) is 14.2 Å². The molecule has 1 fully saturated rings. The van der Waals surface area contributed by atoms with E-state index in [1.165, 1.54) is 19.8 Å². The number of anilines is 1. The summed E-state index contributed by atoms with van der Waals surface area (Å²) in [5, 5.41) is 7.76. The minimum atomic E-state index is 0. The van der Waals surface area contributed by atoms with Gasteiger partial charge in [-0.3, -0.25) is 9.91 Å². The molecule has 2 heterocycles. The fourth-order valence-electron chi connectivity index (χ4n) is 2.57. The van der Waals surface area contributed by atoms with Crippen LogP contribution in [0.4, 0.5) is 11.6 Å². The third-order valence-electron chi connectivity index (χ3n) is 4.51. The van der Waals surface area contributed by atoms with Crippen molar-refractivity contribution in [3.8, 4) is 12.0 Å². The highest BCUT2D eigenvalue weighted by atomic mass is 35.5. The lowest BCUT2D eigenvalue weighted by Gasteiger charge is -2.34. The van der Waals surface area contributed by atoms with Crippen molar-refractivity contribution in [1.29, 1.82) is 0 Å². The molecule has 1 N–H and O–H groups in total. The molecule has 0 amide bonds. The lowest BCUT2D eigenvalue weighted by molar-refractivity contribution is -0.00000939. The van der Waals surface area contributed by atoms with Crippen molar-refractivity contribution in [2.75, 3.05) is 59.5 Å². The number of aromatic nitrogens is 3. The Labute approximate surface area is 190 Å². The second kappa shape index (κ2) is 13.7. The predicted octanol–water partition coefficient (Wildman–Crippen LogP) is 0.0442. The predicted molar refractivity (Wildman–Crippen MR) is 116 cm³/mol. The molecule has 0 spiro atoms. The molecule has 10 nitrogen and oxygen atoms in total. The Balaban J connectivity index is 0.000000311. The summed E-state index contributed by atoms with van der Waals surface area (Å²) < 4.78 is 16.1. The molecule has 0 atom stereocenters. The number of rotatable bonds is 7. The maximum Gasteiger partial charge on any atom is 0.338 e. The number of hydrogen-bond donors (Lipinski definition) is 1. The fraction of sp³-hybridized carbons (Fsp3) is 0.550. The minimum Gasteiger partial charge on any atom is -1.00 e. The van der Waals surface area contributed by atoms with Gasteiger partial charge in [-0.15, -0.1) is 15.0 Å². The largest absolute Gasteiger partial charge is 1.00 e. The molecule has 172 valence electrons. The molecule has 31 heavy (non-hydrogen) atoms. The van der Waals surface area contributed by atoms with Crippen molar-refractivity contribution in [3.63, 3.8) is 0 Å². The first-order chi connectivity index (χ1) is 14.5. The topological polar surface area (TPSA) is 103 Å². The maximum atomic E-state index is 5.35. The van der Waals surface area contributed by atoms with Gasteiger partial charge in [-0.1, -0.05) is 29.8 Å². The van der Waals surface area contributed by atoms with Crippen LogP contribution < -0.4 is 31.8 Å². The van der Waals surface area contributed by atoms with E-state index >= 15 is 0 Å². The molecule has 1 aromatic carbocycles. The van der Waals surface area contributed by atoms with Crippen LogP contribution in [0.3, 0.4) is 0 Å². The molecule has 1 saturated heterocycles. The van der Waals surface area contributed by atoms with Gasteiger partial charge in [-0.05, 0) is 25.5 Å². The van der Waals surface area contributed by atoms with E-state index in [2.05, 4.69) is 51.6 Å². The first-order valence-electron chi connectivity index (χ1n) is 9.97. The van der Waals surface area contributed by atoms with Crippen molar-refractivity contribution in [1.82, 2.24) is 19.4 Å².